The zero-order valence-corrected chi connectivity index (χ0v) is 24.0. The molecular weight excluding hydrogens is 630 g/mol. The van der Waals surface area contributed by atoms with Gasteiger partial charge in [-0.15, -0.1) is 38.4 Å². The minimum Gasteiger partial charge on any atom is -0.477 e. The van der Waals surface area contributed by atoms with Crippen molar-refractivity contribution >= 4 is 80.9 Å². The van der Waals surface area contributed by atoms with Crippen molar-refractivity contribution in [3.63, 3.8) is 0 Å². The first-order chi connectivity index (χ1) is 20.3. The Hall–Kier alpha value is -4.33. The van der Waals surface area contributed by atoms with E-state index in [1.807, 2.05) is 0 Å². The van der Waals surface area contributed by atoms with Gasteiger partial charge < -0.3 is 21.0 Å². The average Bonchev–Trinajstić information content (AvgIpc) is 3.63. The van der Waals surface area contributed by atoms with Crippen LogP contribution in [0.5, 0.6) is 5.75 Å². The number of hydrogen-bond acceptors (Lipinski definition) is 15. The zero-order chi connectivity index (χ0) is 29.4. The molecule has 5 heterocycles. The van der Waals surface area contributed by atoms with Gasteiger partial charge in [-0.05, 0) is 52.4 Å². The maximum absolute atomic E-state index is 13.3. The molecule has 6 rings (SSSR count). The Morgan fingerprint density at radius 3 is 2.81 bits per heavy atom. The number of nitrogens with one attached hydrogen (secondary N) is 1. The van der Waals surface area contributed by atoms with Crippen molar-refractivity contribution in [1.82, 2.24) is 44.8 Å². The van der Waals surface area contributed by atoms with Crippen molar-refractivity contribution in [2.75, 3.05) is 17.2 Å². The van der Waals surface area contributed by atoms with Crippen molar-refractivity contribution in [3.05, 3.63) is 58.5 Å². The summed E-state index contributed by atoms with van der Waals surface area (Å²) in [4.78, 5) is 49.2. The molecule has 2 atom stereocenters. The Morgan fingerprint density at radius 1 is 1.26 bits per heavy atom. The molecule has 3 aromatic heterocycles. The van der Waals surface area contributed by atoms with Gasteiger partial charge in [0.25, 0.3) is 11.8 Å². The molecule has 0 aliphatic carbocycles. The molecule has 0 saturated carbocycles. The van der Waals surface area contributed by atoms with Crippen molar-refractivity contribution in [1.29, 1.82) is 0 Å². The van der Waals surface area contributed by atoms with E-state index in [9.17, 15) is 19.5 Å². The fourth-order valence-electron chi connectivity index (χ4n) is 3.98. The van der Waals surface area contributed by atoms with E-state index in [0.717, 1.165) is 11.5 Å². The normalized spacial score (nSPS) is 18.5. The standard InChI is InChI=1S/C22H16ClN11O5S3/c23-10-1-3-11(4-2-10)39-29-14(17-26-22(24)42-30-17)18(35)25-15-19(36)33-16(21(37)38)9(8-41-20(15)33)7-40-13-6-5-12-27-31-32-34(12)28-13/h1-6,15,20H,7-8H2,(H,25,35)(H,37,38)(H2,24,26,30)/b29-14+. The predicted molar refractivity (Wildman–Crippen MR) is 152 cm³/mol. The second-order valence-electron chi connectivity index (χ2n) is 8.55. The summed E-state index contributed by atoms with van der Waals surface area (Å²) >= 11 is 9.36. The first-order valence-electron chi connectivity index (χ1n) is 11.8. The van der Waals surface area contributed by atoms with Crippen LogP contribution in [0.3, 0.4) is 0 Å². The molecule has 42 heavy (non-hydrogen) atoms. The summed E-state index contributed by atoms with van der Waals surface area (Å²) in [5.41, 5.74) is 6.25. The molecule has 214 valence electrons. The number of nitrogens with zero attached hydrogens (tertiary/aromatic N) is 9. The number of rotatable bonds is 9. The summed E-state index contributed by atoms with van der Waals surface area (Å²) in [7, 11) is 0. The number of nitrogen functional groups attached to an aromatic ring is 1. The lowest BCUT2D eigenvalue weighted by molar-refractivity contribution is -0.150. The van der Waals surface area contributed by atoms with Crippen molar-refractivity contribution in [2.45, 2.75) is 16.4 Å². The smallest absolute Gasteiger partial charge is 0.352 e. The number of carboxylic acid groups (broad SMARTS) is 1. The van der Waals surface area contributed by atoms with Gasteiger partial charge in [-0.3, -0.25) is 14.5 Å². The highest BCUT2D eigenvalue weighted by molar-refractivity contribution is 8.01. The van der Waals surface area contributed by atoms with Crippen LogP contribution in [0, 0.1) is 0 Å². The van der Waals surface area contributed by atoms with Gasteiger partial charge in [0.05, 0.1) is 0 Å². The Bertz CT molecular complexity index is 1780. The largest absolute Gasteiger partial charge is 0.477 e. The van der Waals surface area contributed by atoms with Gasteiger partial charge in [0, 0.05) is 28.1 Å². The quantitative estimate of drug-likeness (QED) is 0.0998. The van der Waals surface area contributed by atoms with Crippen LogP contribution in [0.25, 0.3) is 5.65 Å². The van der Waals surface area contributed by atoms with E-state index in [0.29, 0.717) is 27.0 Å². The minimum atomic E-state index is -1.25. The van der Waals surface area contributed by atoms with Crippen LogP contribution in [0.1, 0.15) is 5.82 Å². The van der Waals surface area contributed by atoms with Crippen molar-refractivity contribution < 1.29 is 24.3 Å². The third-order valence-corrected chi connectivity index (χ3v) is 9.04. The summed E-state index contributed by atoms with van der Waals surface area (Å²) in [6.45, 7) is 0. The van der Waals surface area contributed by atoms with Gasteiger partial charge in [-0.25, -0.2) is 4.79 Å². The fraction of sp³-hybridized carbons (Fsp3) is 0.182. The SMILES string of the molecule is Nc1nc(/C(=N\Oc2ccc(Cl)cc2)C(=O)NC2C(=O)N3C(C(=O)O)=C(CSc4ccc5nnnn5n4)CSC23)ns1. The molecule has 0 radical (unpaired) electrons. The Morgan fingerprint density at radius 2 is 2.07 bits per heavy atom. The third-order valence-electron chi connectivity index (χ3n) is 5.90. The number of hydrogen-bond donors (Lipinski definition) is 3. The molecule has 1 saturated heterocycles. The number of carboxylic acids is 1. The highest BCUT2D eigenvalue weighted by Crippen LogP contribution is 2.41. The number of carbonyl (C=O) groups is 3. The summed E-state index contributed by atoms with van der Waals surface area (Å²) in [5.74, 6) is -1.87. The van der Waals surface area contributed by atoms with Gasteiger partial charge in [0.2, 0.25) is 11.5 Å². The van der Waals surface area contributed by atoms with E-state index < -0.39 is 29.2 Å². The molecule has 4 aromatic rings. The minimum absolute atomic E-state index is 0.0946. The second kappa shape index (κ2) is 11.5. The molecule has 2 aliphatic heterocycles. The number of nitrogens with two attached hydrogens (primary N) is 1. The third kappa shape index (κ3) is 5.45. The fourth-order valence-corrected chi connectivity index (χ4v) is 6.88. The topological polar surface area (TPSA) is 216 Å². The molecule has 16 nitrogen and oxygen atoms in total. The number of β-lactam (4-membered cyclic amide) rings is 1. The number of halogens is 1. The van der Waals surface area contributed by atoms with Gasteiger partial charge in [0.15, 0.2) is 16.5 Å². The highest BCUT2D eigenvalue weighted by Gasteiger charge is 2.54. The van der Waals surface area contributed by atoms with E-state index >= 15 is 0 Å². The van der Waals surface area contributed by atoms with Crippen LogP contribution in [0.2, 0.25) is 5.02 Å². The van der Waals surface area contributed by atoms with E-state index in [1.54, 1.807) is 36.4 Å². The maximum Gasteiger partial charge on any atom is 0.352 e. The van der Waals surface area contributed by atoms with Crippen LogP contribution in [-0.2, 0) is 14.4 Å². The van der Waals surface area contributed by atoms with Gasteiger partial charge >= 0.3 is 5.97 Å². The monoisotopic (exact) mass is 645 g/mol. The summed E-state index contributed by atoms with van der Waals surface area (Å²) in [6, 6.07) is 8.64. The molecule has 0 spiro atoms. The molecule has 0 bridgehead atoms. The van der Waals surface area contributed by atoms with Gasteiger partial charge in [0.1, 0.15) is 22.1 Å². The first-order valence-corrected chi connectivity index (χ1v) is 15.0. The average molecular weight is 646 g/mol. The Labute approximate surface area is 252 Å². The molecule has 1 aromatic carbocycles. The maximum atomic E-state index is 13.3. The number of aliphatic carboxylic acids is 1. The molecule has 1 fully saturated rings. The molecule has 20 heteroatoms. The van der Waals surface area contributed by atoms with Crippen LogP contribution in [0.4, 0.5) is 5.13 Å². The second-order valence-corrected chi connectivity index (χ2v) is 11.9. The Kier molecular flexibility index (Phi) is 7.62. The van der Waals surface area contributed by atoms with Crippen LogP contribution in [0.15, 0.2) is 57.9 Å². The van der Waals surface area contributed by atoms with E-state index in [-0.39, 0.29) is 33.9 Å². The number of thioether (sulfide) groups is 2. The van der Waals surface area contributed by atoms with E-state index in [4.69, 9.17) is 22.2 Å². The highest BCUT2D eigenvalue weighted by atomic mass is 35.5. The van der Waals surface area contributed by atoms with Crippen LogP contribution < -0.4 is 15.9 Å². The lowest BCUT2D eigenvalue weighted by Crippen LogP contribution is -2.71. The van der Waals surface area contributed by atoms with Crippen molar-refractivity contribution in [3.8, 4) is 5.75 Å². The number of tetrazole rings is 1. The predicted octanol–water partition coefficient (Wildman–Crippen LogP) is 0.920. The molecule has 4 N–H and O–H groups in total. The summed E-state index contributed by atoms with van der Waals surface area (Å²) in [5, 5.41) is 32.4. The van der Waals surface area contributed by atoms with Crippen LogP contribution >= 0.6 is 46.7 Å². The van der Waals surface area contributed by atoms with Crippen LogP contribution in [-0.4, -0.2) is 91.0 Å². The Balaban J connectivity index is 1.18. The van der Waals surface area contributed by atoms with Gasteiger partial charge in [-0.2, -0.15) is 9.36 Å². The molecule has 2 aliphatic rings. The molecule has 2 amide bonds. The molecular formula is C22H16ClN11O5S3. The lowest BCUT2D eigenvalue weighted by atomic mass is 10.0. The van der Waals surface area contributed by atoms with E-state index in [2.05, 4.69) is 40.5 Å². The number of amides is 2. The lowest BCUT2D eigenvalue weighted by Gasteiger charge is -2.49. The van der Waals surface area contributed by atoms with Crippen molar-refractivity contribution in [2.24, 2.45) is 5.16 Å². The molecule has 2 unspecified atom stereocenters. The number of aromatic nitrogens is 7. The summed E-state index contributed by atoms with van der Waals surface area (Å²) in [6.07, 6.45) is 0. The van der Waals surface area contributed by atoms with E-state index in [1.165, 1.54) is 33.1 Å². The number of carbonyl (C=O) groups excluding carboxylic acids is 2. The number of benzene rings is 1. The zero-order valence-electron chi connectivity index (χ0n) is 20.8. The number of oxime groups is 1. The number of anilines is 1. The first kappa shape index (κ1) is 27.8. The number of fused-ring (bicyclic) bond motifs is 2. The van der Waals surface area contributed by atoms with Gasteiger partial charge in [-0.1, -0.05) is 16.8 Å². The summed E-state index contributed by atoms with van der Waals surface area (Å²) < 4.78 is 5.29.